The zero-order valence-electron chi connectivity index (χ0n) is 13.5. The Morgan fingerprint density at radius 1 is 1.29 bits per heavy atom. The third-order valence-corrected chi connectivity index (χ3v) is 5.30. The quantitative estimate of drug-likeness (QED) is 0.941. The van der Waals surface area contributed by atoms with Crippen LogP contribution in [0.1, 0.15) is 30.5 Å². The molecule has 0 spiro atoms. The van der Waals surface area contributed by atoms with Gasteiger partial charge < -0.3 is 9.73 Å². The number of fused-ring (bicyclic) bond motifs is 3. The molecule has 1 aromatic heterocycles. The van der Waals surface area contributed by atoms with Gasteiger partial charge in [-0.1, -0.05) is 0 Å². The van der Waals surface area contributed by atoms with Crippen LogP contribution < -0.4 is 5.32 Å². The summed E-state index contributed by atoms with van der Waals surface area (Å²) in [6, 6.07) is 6.40. The minimum Gasteiger partial charge on any atom is -0.432 e. The number of amides is 1. The number of rotatable bonds is 3. The van der Waals surface area contributed by atoms with Gasteiger partial charge in [0.05, 0.1) is 6.20 Å². The predicted octanol–water partition coefficient (Wildman–Crippen LogP) is 2.69. The molecule has 1 amide bonds. The van der Waals surface area contributed by atoms with Crippen LogP contribution in [-0.4, -0.2) is 41.0 Å². The van der Waals surface area contributed by atoms with Gasteiger partial charge in [0.1, 0.15) is 5.82 Å². The molecule has 4 heterocycles. The largest absolute Gasteiger partial charge is 0.432 e. The molecule has 0 saturated carbocycles. The Kier molecular flexibility index (Phi) is 3.84. The van der Waals surface area contributed by atoms with Gasteiger partial charge in [-0.3, -0.25) is 9.69 Å². The summed E-state index contributed by atoms with van der Waals surface area (Å²) in [6.45, 7) is 4.40. The molecular weight excluding hydrogens is 309 g/mol. The summed E-state index contributed by atoms with van der Waals surface area (Å²) < 4.78 is 18.6. The first-order chi connectivity index (χ1) is 11.6. The molecule has 0 radical (unpaired) electrons. The first kappa shape index (κ1) is 15.3. The summed E-state index contributed by atoms with van der Waals surface area (Å²) in [4.78, 5) is 19.0. The van der Waals surface area contributed by atoms with Crippen molar-refractivity contribution in [3.8, 4) is 11.3 Å². The summed E-state index contributed by atoms with van der Waals surface area (Å²) in [5, 5.41) is 3.09. The number of hydrogen-bond acceptors (Lipinski definition) is 4. The Hall–Kier alpha value is -2.21. The minimum absolute atomic E-state index is 0.0537. The van der Waals surface area contributed by atoms with Crippen molar-refractivity contribution in [2.45, 2.75) is 31.8 Å². The average Bonchev–Trinajstić information content (AvgIpc) is 3.09. The van der Waals surface area contributed by atoms with Crippen molar-refractivity contribution in [3.63, 3.8) is 0 Å². The molecule has 2 aromatic rings. The summed E-state index contributed by atoms with van der Waals surface area (Å²) >= 11 is 0. The zero-order valence-corrected chi connectivity index (χ0v) is 13.5. The van der Waals surface area contributed by atoms with E-state index in [1.807, 2.05) is 0 Å². The van der Waals surface area contributed by atoms with E-state index in [1.165, 1.54) is 18.3 Å². The van der Waals surface area contributed by atoms with E-state index in [0.29, 0.717) is 23.3 Å². The highest BCUT2D eigenvalue weighted by atomic mass is 19.1. The molecule has 1 aromatic carbocycles. The summed E-state index contributed by atoms with van der Waals surface area (Å²) in [5.41, 5.74) is 0.694. The van der Waals surface area contributed by atoms with E-state index in [9.17, 15) is 9.18 Å². The Labute approximate surface area is 139 Å². The van der Waals surface area contributed by atoms with E-state index in [4.69, 9.17) is 4.42 Å². The highest BCUT2D eigenvalue weighted by molar-refractivity contribution is 5.90. The molecule has 0 aliphatic carbocycles. The van der Waals surface area contributed by atoms with E-state index < -0.39 is 0 Å². The molecule has 6 heteroatoms. The number of carbonyl (C=O) groups is 1. The Bertz CT molecular complexity index is 733. The Balaban J connectivity index is 1.48. The summed E-state index contributed by atoms with van der Waals surface area (Å²) in [7, 11) is 0. The van der Waals surface area contributed by atoms with Gasteiger partial charge in [-0.2, -0.15) is 0 Å². The highest BCUT2D eigenvalue weighted by Crippen LogP contribution is 2.32. The maximum Gasteiger partial charge on any atom is 0.307 e. The molecule has 0 unspecified atom stereocenters. The highest BCUT2D eigenvalue weighted by Gasteiger charge is 2.40. The van der Waals surface area contributed by atoms with Gasteiger partial charge in [0.2, 0.25) is 0 Å². The molecule has 126 valence electrons. The first-order valence-electron chi connectivity index (χ1n) is 8.38. The second-order valence-electron chi connectivity index (χ2n) is 6.65. The van der Waals surface area contributed by atoms with Crippen molar-refractivity contribution in [3.05, 3.63) is 42.2 Å². The van der Waals surface area contributed by atoms with Gasteiger partial charge in [-0.05, 0) is 63.0 Å². The van der Waals surface area contributed by atoms with Crippen molar-refractivity contribution < 1.29 is 13.6 Å². The van der Waals surface area contributed by atoms with Gasteiger partial charge >= 0.3 is 5.91 Å². The average molecular weight is 329 g/mol. The number of nitrogens with one attached hydrogen (secondary N) is 1. The lowest BCUT2D eigenvalue weighted by Gasteiger charge is -2.49. The second-order valence-corrected chi connectivity index (χ2v) is 6.65. The van der Waals surface area contributed by atoms with Crippen molar-refractivity contribution in [2.75, 3.05) is 13.1 Å². The van der Waals surface area contributed by atoms with Crippen LogP contribution >= 0.6 is 0 Å². The maximum atomic E-state index is 13.0. The summed E-state index contributed by atoms with van der Waals surface area (Å²) in [5.74, 6) is 0.446. The van der Waals surface area contributed by atoms with Gasteiger partial charge in [0.25, 0.3) is 5.89 Å². The van der Waals surface area contributed by atoms with E-state index in [2.05, 4.69) is 22.1 Å². The van der Waals surface area contributed by atoms with Gasteiger partial charge in [-0.15, -0.1) is 0 Å². The van der Waals surface area contributed by atoms with Crippen LogP contribution in [0.5, 0.6) is 0 Å². The maximum absolute atomic E-state index is 13.0. The van der Waals surface area contributed by atoms with Crippen LogP contribution in [-0.2, 0) is 0 Å². The van der Waals surface area contributed by atoms with Crippen LogP contribution in [0.15, 0.2) is 34.9 Å². The van der Waals surface area contributed by atoms with Crippen LogP contribution in [0.2, 0.25) is 0 Å². The zero-order chi connectivity index (χ0) is 16.7. The fourth-order valence-electron chi connectivity index (χ4n) is 3.89. The molecule has 5 rings (SSSR count). The molecule has 2 bridgehead atoms. The normalized spacial score (nSPS) is 28.8. The predicted molar refractivity (Wildman–Crippen MR) is 86.9 cm³/mol. The lowest BCUT2D eigenvalue weighted by Crippen LogP contribution is -2.62. The number of halogens is 1. The molecule has 5 nitrogen and oxygen atoms in total. The molecule has 24 heavy (non-hydrogen) atoms. The Morgan fingerprint density at radius 3 is 2.67 bits per heavy atom. The standard InChI is InChI=1S/C18H20FN3O2/c1-11-16(13-6-8-22(11)9-7-13)21-17(23)18-20-10-15(24-18)12-2-4-14(19)5-3-12/h2-5,10-11,13,16H,6-9H2,1H3,(H,21,23)/t11-,16-/m0/s1. The fourth-order valence-corrected chi connectivity index (χ4v) is 3.89. The number of hydrogen-bond donors (Lipinski definition) is 1. The third-order valence-electron chi connectivity index (χ3n) is 5.30. The molecule has 3 saturated heterocycles. The smallest absolute Gasteiger partial charge is 0.307 e. The van der Waals surface area contributed by atoms with Crippen LogP contribution in [0.3, 0.4) is 0 Å². The van der Waals surface area contributed by atoms with Gasteiger partial charge in [0.15, 0.2) is 5.76 Å². The number of nitrogens with zero attached hydrogens (tertiary/aromatic N) is 2. The lowest BCUT2D eigenvalue weighted by molar-refractivity contribution is 0.0210. The first-order valence-corrected chi connectivity index (χ1v) is 8.38. The van der Waals surface area contributed by atoms with Crippen molar-refractivity contribution in [1.82, 2.24) is 15.2 Å². The SMILES string of the molecule is C[C@H]1[C@H](NC(=O)c2ncc(-c3ccc(F)cc3)o2)C2CCN1CC2. The van der Waals surface area contributed by atoms with Crippen LogP contribution in [0, 0.1) is 11.7 Å². The second kappa shape index (κ2) is 6.02. The molecule has 3 aliphatic heterocycles. The third kappa shape index (κ3) is 2.71. The number of oxazole rings is 1. The number of piperidine rings is 3. The minimum atomic E-state index is -0.312. The van der Waals surface area contributed by atoms with Crippen LogP contribution in [0.4, 0.5) is 4.39 Å². The van der Waals surface area contributed by atoms with Gasteiger partial charge in [-0.25, -0.2) is 9.37 Å². The van der Waals surface area contributed by atoms with E-state index in [-0.39, 0.29) is 23.7 Å². The van der Waals surface area contributed by atoms with Crippen LogP contribution in [0.25, 0.3) is 11.3 Å². The molecule has 1 N–H and O–H groups in total. The van der Waals surface area contributed by atoms with Crippen molar-refractivity contribution in [1.29, 1.82) is 0 Å². The number of benzene rings is 1. The van der Waals surface area contributed by atoms with Gasteiger partial charge in [0, 0.05) is 17.6 Å². The number of aromatic nitrogens is 1. The molecule has 2 atom stereocenters. The molecule has 3 fully saturated rings. The monoisotopic (exact) mass is 329 g/mol. The van der Waals surface area contributed by atoms with Crippen molar-refractivity contribution >= 4 is 5.91 Å². The van der Waals surface area contributed by atoms with Crippen molar-refractivity contribution in [2.24, 2.45) is 5.92 Å². The molecular formula is C18H20FN3O2. The van der Waals surface area contributed by atoms with E-state index >= 15 is 0 Å². The number of carbonyl (C=O) groups excluding carboxylic acids is 1. The van der Waals surface area contributed by atoms with E-state index in [0.717, 1.165) is 25.9 Å². The summed E-state index contributed by atoms with van der Waals surface area (Å²) in [6.07, 6.45) is 3.76. The lowest BCUT2D eigenvalue weighted by atomic mass is 9.79. The van der Waals surface area contributed by atoms with E-state index in [1.54, 1.807) is 12.1 Å². The molecule has 3 aliphatic rings. The Morgan fingerprint density at radius 2 is 2.00 bits per heavy atom. The fraction of sp³-hybridized carbons (Fsp3) is 0.444. The topological polar surface area (TPSA) is 58.4 Å².